The van der Waals surface area contributed by atoms with Crippen molar-refractivity contribution in [3.8, 4) is 0 Å². The molecule has 0 amide bonds. The summed E-state index contributed by atoms with van der Waals surface area (Å²) in [7, 11) is -1.14. The number of hydrogen-bond donors (Lipinski definition) is 1. The van der Waals surface area contributed by atoms with E-state index >= 15 is 0 Å². The Labute approximate surface area is 175 Å². The van der Waals surface area contributed by atoms with Crippen molar-refractivity contribution in [2.24, 2.45) is 0 Å². The second-order valence-corrected chi connectivity index (χ2v) is 15.1. The number of aromatic nitrogens is 1. The van der Waals surface area contributed by atoms with Gasteiger partial charge in [0.2, 0.25) is 0 Å². The van der Waals surface area contributed by atoms with Crippen molar-refractivity contribution in [1.29, 1.82) is 0 Å². The van der Waals surface area contributed by atoms with E-state index in [4.69, 9.17) is 16.3 Å². The number of halogens is 1. The summed E-state index contributed by atoms with van der Waals surface area (Å²) in [5.41, 5.74) is 1.13. The third kappa shape index (κ3) is 5.41. The molecule has 0 saturated heterocycles. The highest BCUT2D eigenvalue weighted by atomic mass is 35.5. The van der Waals surface area contributed by atoms with Crippen LogP contribution in [0.2, 0.25) is 30.7 Å². The normalized spacial score (nSPS) is 11.9. The zero-order chi connectivity index (χ0) is 20.3. The molecule has 2 aromatic carbocycles. The lowest BCUT2D eigenvalue weighted by Gasteiger charge is -2.16. The van der Waals surface area contributed by atoms with E-state index in [9.17, 15) is 9.90 Å². The predicted octanol–water partition coefficient (Wildman–Crippen LogP) is 6.46. The molecule has 0 saturated carbocycles. The minimum atomic E-state index is -1.14. The van der Waals surface area contributed by atoms with E-state index in [1.54, 1.807) is 12.1 Å². The van der Waals surface area contributed by atoms with Crippen LogP contribution >= 0.6 is 23.4 Å². The van der Waals surface area contributed by atoms with E-state index in [2.05, 4.69) is 19.6 Å². The third-order valence-electron chi connectivity index (χ3n) is 4.37. The molecule has 0 aliphatic carbocycles. The molecule has 0 bridgehead atoms. The Morgan fingerprint density at radius 1 is 1.18 bits per heavy atom. The van der Waals surface area contributed by atoms with Crippen LogP contribution in [0.15, 0.2) is 58.5 Å². The number of rotatable bonds is 8. The highest BCUT2D eigenvalue weighted by Gasteiger charge is 2.15. The van der Waals surface area contributed by atoms with Crippen LogP contribution in [0.4, 0.5) is 0 Å². The van der Waals surface area contributed by atoms with E-state index in [0.29, 0.717) is 11.8 Å². The molecule has 4 nitrogen and oxygen atoms in total. The number of carboxylic acid groups (broad SMARTS) is 1. The molecule has 1 N–H and O–H groups in total. The van der Waals surface area contributed by atoms with Crippen molar-refractivity contribution in [2.45, 2.75) is 42.2 Å². The number of hydrogen-bond acceptors (Lipinski definition) is 3. The van der Waals surface area contributed by atoms with E-state index in [0.717, 1.165) is 33.3 Å². The minimum absolute atomic E-state index is 0.269. The quantitative estimate of drug-likeness (QED) is 0.327. The van der Waals surface area contributed by atoms with Crippen LogP contribution in [0, 0.1) is 0 Å². The van der Waals surface area contributed by atoms with E-state index < -0.39 is 14.0 Å². The average Bonchev–Trinajstić information content (AvgIpc) is 3.03. The van der Waals surface area contributed by atoms with Crippen LogP contribution < -0.4 is 0 Å². The fourth-order valence-electron chi connectivity index (χ4n) is 2.75. The molecule has 3 aromatic rings. The molecule has 3 rings (SSSR count). The zero-order valence-electron chi connectivity index (χ0n) is 16.2. The van der Waals surface area contributed by atoms with Crippen LogP contribution in [0.5, 0.6) is 0 Å². The molecule has 0 aliphatic rings. The van der Waals surface area contributed by atoms with Gasteiger partial charge in [-0.05, 0) is 48.5 Å². The SMILES string of the molecule is C[Si](C)(C)CCOCn1ccc2c(Sc3ccc(Cl)cc3)cc(C(=O)O)cc21. The van der Waals surface area contributed by atoms with Gasteiger partial charge in [-0.1, -0.05) is 43.0 Å². The number of carboxylic acids is 1. The molecule has 7 heteroatoms. The Morgan fingerprint density at radius 3 is 2.54 bits per heavy atom. The van der Waals surface area contributed by atoms with Crippen molar-refractivity contribution >= 4 is 48.3 Å². The lowest BCUT2D eigenvalue weighted by molar-refractivity contribution is 0.0696. The molecule has 0 fully saturated rings. The second-order valence-electron chi connectivity index (χ2n) is 7.90. The summed E-state index contributed by atoms with van der Waals surface area (Å²) < 4.78 is 7.83. The summed E-state index contributed by atoms with van der Waals surface area (Å²) in [6, 6.07) is 14.1. The maximum absolute atomic E-state index is 11.6. The van der Waals surface area contributed by atoms with Gasteiger partial charge in [0.1, 0.15) is 6.73 Å². The van der Waals surface area contributed by atoms with Crippen LogP contribution in [-0.2, 0) is 11.5 Å². The summed E-state index contributed by atoms with van der Waals surface area (Å²) in [4.78, 5) is 13.5. The molecule has 0 atom stereocenters. The van der Waals surface area contributed by atoms with Crippen LogP contribution in [0.1, 0.15) is 10.4 Å². The first kappa shape index (κ1) is 21.0. The average molecular weight is 434 g/mol. The van der Waals surface area contributed by atoms with Gasteiger partial charge in [-0.15, -0.1) is 0 Å². The van der Waals surface area contributed by atoms with Gasteiger partial charge in [0.25, 0.3) is 0 Å². The minimum Gasteiger partial charge on any atom is -0.478 e. The van der Waals surface area contributed by atoms with E-state index in [-0.39, 0.29) is 5.56 Å². The van der Waals surface area contributed by atoms with Crippen LogP contribution in [0.25, 0.3) is 10.9 Å². The van der Waals surface area contributed by atoms with Crippen molar-refractivity contribution in [3.05, 3.63) is 59.2 Å². The molecule has 0 aliphatic heterocycles. The fourth-order valence-corrected chi connectivity index (χ4v) is 4.63. The lowest BCUT2D eigenvalue weighted by atomic mass is 10.1. The molecular weight excluding hydrogens is 410 g/mol. The van der Waals surface area contributed by atoms with Gasteiger partial charge in [-0.25, -0.2) is 4.79 Å². The molecule has 0 spiro atoms. The topological polar surface area (TPSA) is 51.5 Å². The van der Waals surface area contributed by atoms with Gasteiger partial charge in [0, 0.05) is 41.1 Å². The smallest absolute Gasteiger partial charge is 0.335 e. The highest BCUT2D eigenvalue weighted by Crippen LogP contribution is 2.35. The molecule has 0 radical (unpaired) electrons. The number of aromatic carboxylic acids is 1. The van der Waals surface area contributed by atoms with Crippen molar-refractivity contribution in [1.82, 2.24) is 4.57 Å². The second kappa shape index (κ2) is 8.74. The van der Waals surface area contributed by atoms with Gasteiger partial charge < -0.3 is 14.4 Å². The maximum Gasteiger partial charge on any atom is 0.335 e. The maximum atomic E-state index is 11.6. The summed E-state index contributed by atoms with van der Waals surface area (Å²) in [6.07, 6.45) is 1.96. The Bertz CT molecular complexity index is 980. The van der Waals surface area contributed by atoms with Crippen molar-refractivity contribution < 1.29 is 14.6 Å². The highest BCUT2D eigenvalue weighted by molar-refractivity contribution is 7.99. The van der Waals surface area contributed by atoms with Gasteiger partial charge in [0.05, 0.1) is 11.1 Å². The Hall–Kier alpha value is -1.73. The van der Waals surface area contributed by atoms with Gasteiger partial charge in [0.15, 0.2) is 0 Å². The fraction of sp³-hybridized carbons (Fsp3) is 0.286. The summed E-state index contributed by atoms with van der Waals surface area (Å²) >= 11 is 7.50. The first-order valence-corrected chi connectivity index (χ1v) is 14.0. The number of nitrogens with zero attached hydrogens (tertiary/aromatic N) is 1. The van der Waals surface area contributed by atoms with E-state index in [1.807, 2.05) is 41.1 Å². The van der Waals surface area contributed by atoms with Crippen LogP contribution in [0.3, 0.4) is 0 Å². The number of benzene rings is 2. The number of ether oxygens (including phenoxy) is 1. The van der Waals surface area contributed by atoms with Crippen LogP contribution in [-0.4, -0.2) is 30.3 Å². The van der Waals surface area contributed by atoms with Gasteiger partial charge in [-0.2, -0.15) is 0 Å². The standard InChI is InChI=1S/C21H24ClNO3SSi/c1-28(2,3)11-10-26-14-23-9-8-18-19(23)12-15(21(24)25)13-20(18)27-17-6-4-16(22)5-7-17/h4-9,12-13H,10-11,14H2,1-3H3,(H,24,25). The molecule has 0 unspecified atom stereocenters. The largest absolute Gasteiger partial charge is 0.478 e. The van der Waals surface area contributed by atoms with E-state index in [1.165, 1.54) is 11.8 Å². The summed E-state index contributed by atoms with van der Waals surface area (Å²) in [5, 5.41) is 11.2. The van der Waals surface area contributed by atoms with Crippen molar-refractivity contribution in [2.75, 3.05) is 6.61 Å². The number of fused-ring (bicyclic) bond motifs is 1. The Kier molecular flexibility index (Phi) is 6.55. The monoisotopic (exact) mass is 433 g/mol. The first-order chi connectivity index (χ1) is 13.2. The number of carbonyl (C=O) groups is 1. The van der Waals surface area contributed by atoms with Crippen molar-refractivity contribution in [3.63, 3.8) is 0 Å². The first-order valence-electron chi connectivity index (χ1n) is 9.10. The molecule has 1 aromatic heterocycles. The zero-order valence-corrected chi connectivity index (χ0v) is 18.8. The van der Waals surface area contributed by atoms with Gasteiger partial charge >= 0.3 is 5.97 Å². The molecule has 1 heterocycles. The Morgan fingerprint density at radius 2 is 1.89 bits per heavy atom. The predicted molar refractivity (Wildman–Crippen MR) is 119 cm³/mol. The molecule has 28 heavy (non-hydrogen) atoms. The third-order valence-corrected chi connectivity index (χ3v) is 7.39. The Balaban J connectivity index is 1.88. The lowest BCUT2D eigenvalue weighted by Crippen LogP contribution is -2.21. The summed E-state index contributed by atoms with van der Waals surface area (Å²) in [6.45, 7) is 8.10. The molecular formula is C21H24ClNO3SSi. The summed E-state index contributed by atoms with van der Waals surface area (Å²) in [5.74, 6) is -0.938. The van der Waals surface area contributed by atoms with Gasteiger partial charge in [-0.3, -0.25) is 0 Å². The molecule has 148 valence electrons.